The second-order valence-corrected chi connectivity index (χ2v) is 7.40. The second-order valence-electron chi connectivity index (χ2n) is 6.96. The van der Waals surface area contributed by atoms with Crippen LogP contribution in [0.5, 0.6) is 5.75 Å². The zero-order valence-electron chi connectivity index (χ0n) is 16.8. The van der Waals surface area contributed by atoms with Gasteiger partial charge in [-0.3, -0.25) is 14.6 Å². The first-order valence-corrected chi connectivity index (χ1v) is 10.3. The molecule has 0 saturated carbocycles. The monoisotopic (exact) mass is 438 g/mol. The normalized spacial score (nSPS) is 11.6. The highest BCUT2D eigenvalue weighted by atomic mass is 35.5. The van der Waals surface area contributed by atoms with Crippen molar-refractivity contribution in [2.24, 2.45) is 0 Å². The van der Waals surface area contributed by atoms with Gasteiger partial charge in [-0.25, -0.2) is 0 Å². The number of ketones is 1. The lowest BCUT2D eigenvalue weighted by Crippen LogP contribution is -2.24. The summed E-state index contributed by atoms with van der Waals surface area (Å²) in [6, 6.07) is 17.9. The molecular weight excluding hydrogens is 416 g/mol. The molecule has 0 radical (unpaired) electrons. The van der Waals surface area contributed by atoms with Gasteiger partial charge in [-0.2, -0.15) is 0 Å². The van der Waals surface area contributed by atoms with Gasteiger partial charge in [0.25, 0.3) is 0 Å². The predicted molar refractivity (Wildman–Crippen MR) is 119 cm³/mol. The highest BCUT2D eigenvalue weighted by molar-refractivity contribution is 6.30. The molecule has 160 valence electrons. The number of ether oxygens (including phenoxy) is 1. The van der Waals surface area contributed by atoms with E-state index in [0.29, 0.717) is 34.9 Å². The Balaban J connectivity index is 1.67. The van der Waals surface area contributed by atoms with Crippen molar-refractivity contribution in [2.45, 2.75) is 18.9 Å². The SMILES string of the molecule is O=C(O)CNCCCC(Oc1ccc(C(=O)c2ccncc2)cc1)c1ccc(Cl)cc1. The van der Waals surface area contributed by atoms with E-state index in [1.54, 1.807) is 48.8 Å². The van der Waals surface area contributed by atoms with Crippen molar-refractivity contribution in [3.63, 3.8) is 0 Å². The van der Waals surface area contributed by atoms with Crippen molar-refractivity contribution in [2.75, 3.05) is 13.1 Å². The van der Waals surface area contributed by atoms with Crippen molar-refractivity contribution in [3.05, 3.63) is 94.8 Å². The summed E-state index contributed by atoms with van der Waals surface area (Å²) in [4.78, 5) is 27.1. The third-order valence-electron chi connectivity index (χ3n) is 4.68. The molecular formula is C24H23ClN2O4. The molecule has 0 aliphatic carbocycles. The van der Waals surface area contributed by atoms with Crippen LogP contribution < -0.4 is 10.1 Å². The first-order chi connectivity index (χ1) is 15.0. The Kier molecular flexibility index (Phi) is 8.15. The number of nitrogens with one attached hydrogen (secondary N) is 1. The first kappa shape index (κ1) is 22.5. The average Bonchev–Trinajstić information content (AvgIpc) is 2.79. The summed E-state index contributed by atoms with van der Waals surface area (Å²) in [5, 5.41) is 12.3. The van der Waals surface area contributed by atoms with Crippen LogP contribution in [0.3, 0.4) is 0 Å². The van der Waals surface area contributed by atoms with Crippen molar-refractivity contribution < 1.29 is 19.4 Å². The molecule has 3 aromatic rings. The Bertz CT molecular complexity index is 992. The van der Waals surface area contributed by atoms with Crippen LogP contribution in [0.1, 0.15) is 40.4 Å². The van der Waals surface area contributed by atoms with E-state index >= 15 is 0 Å². The van der Waals surface area contributed by atoms with Gasteiger partial charge in [0, 0.05) is 28.5 Å². The number of halogens is 1. The van der Waals surface area contributed by atoms with Crippen molar-refractivity contribution in [1.29, 1.82) is 0 Å². The fourth-order valence-electron chi connectivity index (χ4n) is 3.10. The lowest BCUT2D eigenvalue weighted by Gasteiger charge is -2.20. The van der Waals surface area contributed by atoms with E-state index in [1.165, 1.54) is 0 Å². The Hall–Kier alpha value is -3.22. The number of carboxylic acids is 1. The summed E-state index contributed by atoms with van der Waals surface area (Å²) in [5.74, 6) is -0.315. The molecule has 0 spiro atoms. The van der Waals surface area contributed by atoms with Gasteiger partial charge in [-0.05, 0) is 73.5 Å². The number of hydrogen-bond donors (Lipinski definition) is 2. The highest BCUT2D eigenvalue weighted by Gasteiger charge is 2.15. The smallest absolute Gasteiger partial charge is 0.317 e. The molecule has 1 aromatic heterocycles. The molecule has 1 atom stereocenters. The van der Waals surface area contributed by atoms with Crippen LogP contribution in [0.2, 0.25) is 5.02 Å². The number of aliphatic carboxylic acids is 1. The third kappa shape index (κ3) is 6.91. The quantitative estimate of drug-likeness (QED) is 0.337. The number of aromatic nitrogens is 1. The van der Waals surface area contributed by atoms with E-state index in [4.69, 9.17) is 21.4 Å². The Morgan fingerprint density at radius 2 is 1.61 bits per heavy atom. The number of rotatable bonds is 11. The highest BCUT2D eigenvalue weighted by Crippen LogP contribution is 2.27. The van der Waals surface area contributed by atoms with E-state index in [-0.39, 0.29) is 18.4 Å². The van der Waals surface area contributed by atoms with Gasteiger partial charge in [-0.1, -0.05) is 23.7 Å². The molecule has 0 saturated heterocycles. The fourth-order valence-corrected chi connectivity index (χ4v) is 3.22. The standard InChI is InChI=1S/C24H23ClN2O4/c25-20-7-3-17(4-8-20)22(2-1-13-27-16-23(28)29)31-21-9-5-18(6-10-21)24(30)19-11-14-26-15-12-19/h3-12,14-15,22,27H,1-2,13,16H2,(H,28,29). The van der Waals surface area contributed by atoms with Gasteiger partial charge in [0.2, 0.25) is 0 Å². The molecule has 1 unspecified atom stereocenters. The number of nitrogens with zero attached hydrogens (tertiary/aromatic N) is 1. The summed E-state index contributed by atoms with van der Waals surface area (Å²) < 4.78 is 6.20. The van der Waals surface area contributed by atoms with Crippen LogP contribution in [0, 0.1) is 0 Å². The summed E-state index contributed by atoms with van der Waals surface area (Å²) in [5.41, 5.74) is 2.12. The minimum absolute atomic E-state index is 0.0700. The number of benzene rings is 2. The lowest BCUT2D eigenvalue weighted by atomic mass is 10.0. The molecule has 2 N–H and O–H groups in total. The molecule has 31 heavy (non-hydrogen) atoms. The van der Waals surface area contributed by atoms with E-state index < -0.39 is 5.97 Å². The first-order valence-electron chi connectivity index (χ1n) is 9.92. The van der Waals surface area contributed by atoms with Crippen LogP contribution >= 0.6 is 11.6 Å². The maximum atomic E-state index is 12.6. The molecule has 0 bridgehead atoms. The molecule has 6 nitrogen and oxygen atoms in total. The second kappa shape index (κ2) is 11.2. The minimum atomic E-state index is -0.882. The van der Waals surface area contributed by atoms with Gasteiger partial charge in [0.05, 0.1) is 6.54 Å². The zero-order chi connectivity index (χ0) is 22.1. The summed E-state index contributed by atoms with van der Waals surface area (Å²) in [6.07, 6.45) is 4.37. The molecule has 0 aliphatic rings. The van der Waals surface area contributed by atoms with Gasteiger partial charge in [0.1, 0.15) is 11.9 Å². The van der Waals surface area contributed by atoms with Crippen molar-refractivity contribution >= 4 is 23.4 Å². The Morgan fingerprint density at radius 3 is 2.26 bits per heavy atom. The molecule has 0 fully saturated rings. The minimum Gasteiger partial charge on any atom is -0.486 e. The largest absolute Gasteiger partial charge is 0.486 e. The van der Waals surface area contributed by atoms with E-state index in [2.05, 4.69) is 10.3 Å². The number of pyridine rings is 1. The van der Waals surface area contributed by atoms with E-state index in [1.807, 2.05) is 24.3 Å². The van der Waals surface area contributed by atoms with E-state index in [9.17, 15) is 9.59 Å². The molecule has 2 aromatic carbocycles. The fraction of sp³-hybridized carbons (Fsp3) is 0.208. The molecule has 7 heteroatoms. The van der Waals surface area contributed by atoms with Crippen molar-refractivity contribution in [3.8, 4) is 5.75 Å². The topological polar surface area (TPSA) is 88.5 Å². The maximum Gasteiger partial charge on any atom is 0.317 e. The maximum absolute atomic E-state index is 12.6. The van der Waals surface area contributed by atoms with Crippen molar-refractivity contribution in [1.82, 2.24) is 10.3 Å². The van der Waals surface area contributed by atoms with E-state index in [0.717, 1.165) is 12.0 Å². The summed E-state index contributed by atoms with van der Waals surface area (Å²) in [6.45, 7) is 0.499. The van der Waals surface area contributed by atoms with Crippen LogP contribution in [-0.2, 0) is 4.79 Å². The molecule has 0 aliphatic heterocycles. The van der Waals surface area contributed by atoms with Gasteiger partial charge in [-0.15, -0.1) is 0 Å². The van der Waals surface area contributed by atoms with Gasteiger partial charge < -0.3 is 15.2 Å². The van der Waals surface area contributed by atoms with Crippen LogP contribution in [0.25, 0.3) is 0 Å². The van der Waals surface area contributed by atoms with Crippen LogP contribution in [0.15, 0.2) is 73.1 Å². The summed E-state index contributed by atoms with van der Waals surface area (Å²) in [7, 11) is 0. The molecule has 3 rings (SSSR count). The Morgan fingerprint density at radius 1 is 0.968 bits per heavy atom. The molecule has 0 amide bonds. The number of hydrogen-bond acceptors (Lipinski definition) is 5. The third-order valence-corrected chi connectivity index (χ3v) is 4.93. The van der Waals surface area contributed by atoms with Gasteiger partial charge >= 0.3 is 5.97 Å². The number of carbonyl (C=O) groups excluding carboxylic acids is 1. The zero-order valence-corrected chi connectivity index (χ0v) is 17.6. The lowest BCUT2D eigenvalue weighted by molar-refractivity contribution is -0.135. The average molecular weight is 439 g/mol. The van der Waals surface area contributed by atoms with Gasteiger partial charge in [0.15, 0.2) is 5.78 Å². The number of carboxylic acid groups (broad SMARTS) is 1. The number of carbonyl (C=O) groups is 2. The van der Waals surface area contributed by atoms with Crippen LogP contribution in [0.4, 0.5) is 0 Å². The molecule has 1 heterocycles. The Labute approximate surface area is 185 Å². The predicted octanol–water partition coefficient (Wildman–Crippen LogP) is 4.54. The van der Waals surface area contributed by atoms with Crippen LogP contribution in [-0.4, -0.2) is 34.9 Å². The summed E-state index contributed by atoms with van der Waals surface area (Å²) >= 11 is 6.01.